The second kappa shape index (κ2) is 6.29. The third kappa shape index (κ3) is 3.21. The molecule has 1 unspecified atom stereocenters. The number of carbonyl (C=O) groups is 2. The highest BCUT2D eigenvalue weighted by Gasteiger charge is 2.16. The average Bonchev–Trinajstić information content (AvgIpc) is 2.98. The van der Waals surface area contributed by atoms with Gasteiger partial charge in [0.25, 0.3) is 5.91 Å². The Kier molecular flexibility index (Phi) is 4.47. The maximum Gasteiger partial charge on any atom is 0.354 e. The molecule has 104 valence electrons. The first-order valence-electron chi connectivity index (χ1n) is 6.16. The summed E-state index contributed by atoms with van der Waals surface area (Å²) in [5, 5.41) is 13.7. The first kappa shape index (κ1) is 14.2. The Balaban J connectivity index is 2.15. The van der Waals surface area contributed by atoms with Crippen LogP contribution in [0.25, 0.3) is 0 Å². The van der Waals surface area contributed by atoms with Crippen LogP contribution < -0.4 is 5.32 Å². The molecular weight excluding hydrogens is 276 g/mol. The molecule has 0 bridgehead atoms. The molecule has 0 radical (unpaired) electrons. The van der Waals surface area contributed by atoms with Crippen LogP contribution in [0.2, 0.25) is 0 Å². The lowest BCUT2D eigenvalue weighted by Gasteiger charge is -2.15. The number of pyridine rings is 1. The maximum atomic E-state index is 12.1. The number of carbonyl (C=O) groups excluding carboxylic acids is 1. The third-order valence-corrected chi connectivity index (χ3v) is 3.79. The SMILES string of the molecule is CCC(NC(=O)c1cccc(C(=O)O)n1)c1cccs1. The van der Waals surface area contributed by atoms with Crippen molar-refractivity contribution in [2.45, 2.75) is 19.4 Å². The predicted octanol–water partition coefficient (Wildman–Crippen LogP) is 2.72. The van der Waals surface area contributed by atoms with Gasteiger partial charge in [0, 0.05) is 4.88 Å². The molecule has 2 heterocycles. The van der Waals surface area contributed by atoms with Crippen molar-refractivity contribution in [2.24, 2.45) is 0 Å². The van der Waals surface area contributed by atoms with E-state index < -0.39 is 5.97 Å². The number of hydrogen-bond donors (Lipinski definition) is 2. The van der Waals surface area contributed by atoms with E-state index in [2.05, 4.69) is 10.3 Å². The molecule has 0 aliphatic carbocycles. The maximum absolute atomic E-state index is 12.1. The number of carboxylic acid groups (broad SMARTS) is 1. The fourth-order valence-electron chi connectivity index (χ4n) is 1.78. The molecule has 2 aromatic heterocycles. The van der Waals surface area contributed by atoms with Gasteiger partial charge in [0.15, 0.2) is 0 Å². The van der Waals surface area contributed by atoms with E-state index in [-0.39, 0.29) is 23.3 Å². The van der Waals surface area contributed by atoms with Crippen molar-refractivity contribution in [1.82, 2.24) is 10.3 Å². The molecule has 2 aromatic rings. The summed E-state index contributed by atoms with van der Waals surface area (Å²) in [5.41, 5.74) is -0.0262. The minimum atomic E-state index is -1.15. The molecule has 0 spiro atoms. The molecule has 2 rings (SSSR count). The monoisotopic (exact) mass is 290 g/mol. The molecule has 6 heteroatoms. The van der Waals surface area contributed by atoms with Gasteiger partial charge in [-0.3, -0.25) is 4.79 Å². The highest BCUT2D eigenvalue weighted by molar-refractivity contribution is 7.10. The Labute approximate surface area is 120 Å². The van der Waals surface area contributed by atoms with E-state index >= 15 is 0 Å². The number of nitrogens with one attached hydrogen (secondary N) is 1. The summed E-state index contributed by atoms with van der Waals surface area (Å²) in [6, 6.07) is 8.17. The summed E-state index contributed by atoms with van der Waals surface area (Å²) in [7, 11) is 0. The van der Waals surface area contributed by atoms with E-state index in [0.29, 0.717) is 0 Å². The van der Waals surface area contributed by atoms with Gasteiger partial charge in [-0.2, -0.15) is 0 Å². The number of amides is 1. The van der Waals surface area contributed by atoms with Crippen LogP contribution in [0.1, 0.15) is 45.2 Å². The van der Waals surface area contributed by atoms with Gasteiger partial charge in [0.2, 0.25) is 0 Å². The van der Waals surface area contributed by atoms with Gasteiger partial charge in [0.1, 0.15) is 11.4 Å². The van der Waals surface area contributed by atoms with Crippen molar-refractivity contribution < 1.29 is 14.7 Å². The highest BCUT2D eigenvalue weighted by Crippen LogP contribution is 2.21. The second-order valence-electron chi connectivity index (χ2n) is 4.16. The van der Waals surface area contributed by atoms with Gasteiger partial charge >= 0.3 is 5.97 Å². The molecular formula is C14H14N2O3S. The zero-order chi connectivity index (χ0) is 14.5. The van der Waals surface area contributed by atoms with Gasteiger partial charge in [-0.1, -0.05) is 19.1 Å². The molecule has 0 fully saturated rings. The standard InChI is InChI=1S/C14H14N2O3S/c1-2-9(12-7-4-8-20-12)16-13(17)10-5-3-6-11(15-10)14(18)19/h3-9H,2H2,1H3,(H,16,17)(H,18,19). The summed E-state index contributed by atoms with van der Waals surface area (Å²) in [6.45, 7) is 1.98. The zero-order valence-electron chi connectivity index (χ0n) is 10.9. The Hall–Kier alpha value is -2.21. The minimum Gasteiger partial charge on any atom is -0.477 e. The predicted molar refractivity (Wildman–Crippen MR) is 76.0 cm³/mol. The number of aromatic nitrogens is 1. The van der Waals surface area contributed by atoms with Crippen molar-refractivity contribution in [3.8, 4) is 0 Å². The van der Waals surface area contributed by atoms with Gasteiger partial charge in [0.05, 0.1) is 6.04 Å². The van der Waals surface area contributed by atoms with Crippen molar-refractivity contribution in [1.29, 1.82) is 0 Å². The van der Waals surface area contributed by atoms with Crippen LogP contribution in [-0.2, 0) is 0 Å². The molecule has 5 nitrogen and oxygen atoms in total. The van der Waals surface area contributed by atoms with Crippen molar-refractivity contribution in [3.63, 3.8) is 0 Å². The van der Waals surface area contributed by atoms with Crippen LogP contribution in [0.4, 0.5) is 0 Å². The van der Waals surface area contributed by atoms with Gasteiger partial charge in [-0.15, -0.1) is 11.3 Å². The molecule has 0 saturated carbocycles. The number of aromatic carboxylic acids is 1. The Morgan fingerprint density at radius 2 is 2.05 bits per heavy atom. The highest BCUT2D eigenvalue weighted by atomic mass is 32.1. The lowest BCUT2D eigenvalue weighted by atomic mass is 10.2. The van der Waals surface area contributed by atoms with Gasteiger partial charge in [-0.25, -0.2) is 9.78 Å². The van der Waals surface area contributed by atoms with Gasteiger partial charge in [-0.05, 0) is 30.0 Å². The normalized spacial score (nSPS) is 11.8. The summed E-state index contributed by atoms with van der Waals surface area (Å²) >= 11 is 1.57. The van der Waals surface area contributed by atoms with E-state index in [1.165, 1.54) is 18.2 Å². The van der Waals surface area contributed by atoms with Gasteiger partial charge < -0.3 is 10.4 Å². The topological polar surface area (TPSA) is 79.3 Å². The lowest BCUT2D eigenvalue weighted by molar-refractivity contribution is 0.0690. The van der Waals surface area contributed by atoms with Crippen LogP contribution in [0.3, 0.4) is 0 Å². The van der Waals surface area contributed by atoms with Crippen LogP contribution in [-0.4, -0.2) is 22.0 Å². The number of hydrogen-bond acceptors (Lipinski definition) is 4. The van der Waals surface area contributed by atoms with Crippen molar-refractivity contribution in [2.75, 3.05) is 0 Å². The number of thiophene rings is 1. The molecule has 0 aliphatic rings. The summed E-state index contributed by atoms with van der Waals surface area (Å²) in [5.74, 6) is -1.52. The van der Waals surface area contributed by atoms with E-state index in [1.54, 1.807) is 11.3 Å². The summed E-state index contributed by atoms with van der Waals surface area (Å²) < 4.78 is 0. The van der Waals surface area contributed by atoms with E-state index in [9.17, 15) is 9.59 Å². The van der Waals surface area contributed by atoms with Crippen LogP contribution >= 0.6 is 11.3 Å². The quantitative estimate of drug-likeness (QED) is 0.887. The Morgan fingerprint density at radius 1 is 1.30 bits per heavy atom. The molecule has 2 N–H and O–H groups in total. The fourth-order valence-corrected chi connectivity index (χ4v) is 2.64. The third-order valence-electron chi connectivity index (χ3n) is 2.80. The van der Waals surface area contributed by atoms with E-state index in [0.717, 1.165) is 11.3 Å². The van der Waals surface area contributed by atoms with Crippen LogP contribution in [0.15, 0.2) is 35.7 Å². The summed E-state index contributed by atoms with van der Waals surface area (Å²) in [4.78, 5) is 27.9. The molecule has 0 aliphatic heterocycles. The molecule has 20 heavy (non-hydrogen) atoms. The number of nitrogens with zero attached hydrogens (tertiary/aromatic N) is 1. The average molecular weight is 290 g/mol. The number of carboxylic acids is 1. The van der Waals surface area contributed by atoms with Crippen molar-refractivity contribution in [3.05, 3.63) is 52.0 Å². The first-order valence-corrected chi connectivity index (χ1v) is 7.04. The molecule has 0 aromatic carbocycles. The zero-order valence-corrected chi connectivity index (χ0v) is 11.7. The second-order valence-corrected chi connectivity index (χ2v) is 5.14. The van der Waals surface area contributed by atoms with E-state index in [1.807, 2.05) is 24.4 Å². The number of rotatable bonds is 5. The van der Waals surface area contributed by atoms with Crippen molar-refractivity contribution >= 4 is 23.2 Å². The Bertz CT molecular complexity index is 611. The largest absolute Gasteiger partial charge is 0.477 e. The molecule has 0 saturated heterocycles. The molecule has 1 atom stereocenters. The molecule has 1 amide bonds. The first-order chi connectivity index (χ1) is 9.61. The lowest BCUT2D eigenvalue weighted by Crippen LogP contribution is -2.28. The van der Waals surface area contributed by atoms with E-state index in [4.69, 9.17) is 5.11 Å². The summed E-state index contributed by atoms with van der Waals surface area (Å²) in [6.07, 6.45) is 0.755. The van der Waals surface area contributed by atoms with Crippen LogP contribution in [0.5, 0.6) is 0 Å². The fraction of sp³-hybridized carbons (Fsp3) is 0.214. The minimum absolute atomic E-state index is 0.0854. The Morgan fingerprint density at radius 3 is 2.65 bits per heavy atom. The van der Waals surface area contributed by atoms with Crippen LogP contribution in [0, 0.1) is 0 Å². The smallest absolute Gasteiger partial charge is 0.354 e.